The van der Waals surface area contributed by atoms with Gasteiger partial charge in [0.2, 0.25) is 5.91 Å². The molecule has 0 saturated carbocycles. The van der Waals surface area contributed by atoms with E-state index in [4.69, 9.17) is 0 Å². The van der Waals surface area contributed by atoms with Crippen LogP contribution in [0.15, 0.2) is 59.5 Å². The molecule has 28 heavy (non-hydrogen) atoms. The lowest BCUT2D eigenvalue weighted by Gasteiger charge is -2.31. The molecule has 1 saturated heterocycles. The average Bonchev–Trinajstić information content (AvgIpc) is 2.73. The number of nitrogens with zero attached hydrogens (tertiary/aromatic N) is 1. The van der Waals surface area contributed by atoms with E-state index in [1.54, 1.807) is 35.2 Å². The molecule has 2 amide bonds. The van der Waals surface area contributed by atoms with Crippen LogP contribution >= 0.6 is 0 Å². The Labute approximate surface area is 163 Å². The lowest BCUT2D eigenvalue weighted by Crippen LogP contribution is -2.46. The van der Waals surface area contributed by atoms with Crippen LogP contribution in [0.25, 0.3) is 0 Å². The van der Waals surface area contributed by atoms with Gasteiger partial charge in [-0.15, -0.1) is 0 Å². The van der Waals surface area contributed by atoms with Crippen molar-refractivity contribution in [3.05, 3.63) is 66.0 Å². The molecule has 0 aliphatic carbocycles. The van der Waals surface area contributed by atoms with Crippen LogP contribution in [0, 0.1) is 5.82 Å². The van der Waals surface area contributed by atoms with E-state index in [9.17, 15) is 22.4 Å². The first-order valence-electron chi connectivity index (χ1n) is 8.98. The van der Waals surface area contributed by atoms with E-state index in [0.717, 1.165) is 12.1 Å². The van der Waals surface area contributed by atoms with Gasteiger partial charge in [-0.3, -0.25) is 9.59 Å². The molecule has 1 fully saturated rings. The first kappa shape index (κ1) is 20.0. The summed E-state index contributed by atoms with van der Waals surface area (Å²) in [6.07, 6.45) is 0.607. The molecule has 3 rings (SSSR count). The highest BCUT2D eigenvalue weighted by Gasteiger charge is 2.32. The van der Waals surface area contributed by atoms with E-state index in [-0.39, 0.29) is 23.3 Å². The second-order valence-electron chi connectivity index (χ2n) is 6.63. The highest BCUT2D eigenvalue weighted by atomic mass is 32.2. The van der Waals surface area contributed by atoms with Crippen molar-refractivity contribution >= 4 is 21.7 Å². The minimum atomic E-state index is -3.56. The van der Waals surface area contributed by atoms with E-state index in [2.05, 4.69) is 5.32 Å². The zero-order valence-electron chi connectivity index (χ0n) is 15.2. The number of benzene rings is 2. The molecule has 148 valence electrons. The predicted octanol–water partition coefficient (Wildman–Crippen LogP) is 2.02. The minimum Gasteiger partial charge on any atom is -0.343 e. The van der Waals surface area contributed by atoms with Gasteiger partial charge in [0.15, 0.2) is 9.84 Å². The number of carbonyl (C=O) groups excluding carboxylic acids is 2. The quantitative estimate of drug-likeness (QED) is 0.773. The lowest BCUT2D eigenvalue weighted by molar-refractivity contribution is -0.130. The summed E-state index contributed by atoms with van der Waals surface area (Å²) in [6, 6.07) is 13.4. The van der Waals surface area contributed by atoms with E-state index >= 15 is 0 Å². The SMILES string of the molecule is O=C(NCC(=O)N1CCC(S(=O)(=O)c2ccc(F)cc2)CC1)c1ccccc1. The van der Waals surface area contributed by atoms with Crippen molar-refractivity contribution in [1.29, 1.82) is 0 Å². The second-order valence-corrected chi connectivity index (χ2v) is 8.86. The third-order valence-electron chi connectivity index (χ3n) is 4.81. The van der Waals surface area contributed by atoms with Crippen molar-refractivity contribution in [2.24, 2.45) is 0 Å². The van der Waals surface area contributed by atoms with Crippen LogP contribution in [0.2, 0.25) is 0 Å². The summed E-state index contributed by atoms with van der Waals surface area (Å²) >= 11 is 0. The first-order valence-corrected chi connectivity index (χ1v) is 10.5. The van der Waals surface area contributed by atoms with Gasteiger partial charge in [-0.2, -0.15) is 0 Å². The lowest BCUT2D eigenvalue weighted by atomic mass is 10.1. The van der Waals surface area contributed by atoms with Gasteiger partial charge in [0.25, 0.3) is 5.91 Å². The van der Waals surface area contributed by atoms with Gasteiger partial charge in [0.1, 0.15) is 5.82 Å². The minimum absolute atomic E-state index is 0.0915. The fraction of sp³-hybridized carbons (Fsp3) is 0.300. The van der Waals surface area contributed by atoms with Crippen LogP contribution < -0.4 is 5.32 Å². The predicted molar refractivity (Wildman–Crippen MR) is 102 cm³/mol. The van der Waals surface area contributed by atoms with E-state index in [1.807, 2.05) is 0 Å². The number of sulfone groups is 1. The van der Waals surface area contributed by atoms with Crippen LogP contribution in [0.4, 0.5) is 4.39 Å². The molecule has 2 aromatic rings. The van der Waals surface area contributed by atoms with Gasteiger partial charge in [-0.25, -0.2) is 12.8 Å². The third kappa shape index (κ3) is 4.56. The maximum absolute atomic E-state index is 13.0. The average molecular weight is 404 g/mol. The topological polar surface area (TPSA) is 83.6 Å². The summed E-state index contributed by atoms with van der Waals surface area (Å²) in [6.45, 7) is 0.458. The number of hydrogen-bond donors (Lipinski definition) is 1. The fourth-order valence-corrected chi connectivity index (χ4v) is 4.92. The molecule has 0 atom stereocenters. The molecular weight excluding hydrogens is 383 g/mol. The van der Waals surface area contributed by atoms with Crippen molar-refractivity contribution in [2.75, 3.05) is 19.6 Å². The number of amides is 2. The Hall–Kier alpha value is -2.74. The molecule has 2 aromatic carbocycles. The van der Waals surface area contributed by atoms with E-state index < -0.39 is 20.9 Å². The highest BCUT2D eigenvalue weighted by molar-refractivity contribution is 7.92. The number of halogens is 1. The largest absolute Gasteiger partial charge is 0.343 e. The Bertz CT molecular complexity index is 938. The van der Waals surface area contributed by atoms with Crippen LogP contribution in [0.1, 0.15) is 23.2 Å². The molecular formula is C20H21FN2O4S. The van der Waals surface area contributed by atoms with Crippen molar-refractivity contribution in [3.8, 4) is 0 Å². The van der Waals surface area contributed by atoms with Crippen molar-refractivity contribution in [3.63, 3.8) is 0 Å². The molecule has 1 aliphatic heterocycles. The van der Waals surface area contributed by atoms with Crippen molar-refractivity contribution in [1.82, 2.24) is 10.2 Å². The van der Waals surface area contributed by atoms with Gasteiger partial charge >= 0.3 is 0 Å². The van der Waals surface area contributed by atoms with Gasteiger partial charge in [-0.1, -0.05) is 18.2 Å². The normalized spacial score (nSPS) is 15.2. The molecule has 0 bridgehead atoms. The molecule has 0 unspecified atom stereocenters. The summed E-state index contributed by atoms with van der Waals surface area (Å²) in [5.74, 6) is -1.07. The maximum atomic E-state index is 13.0. The fourth-order valence-electron chi connectivity index (χ4n) is 3.19. The Morgan fingerprint density at radius 3 is 2.21 bits per heavy atom. The monoisotopic (exact) mass is 404 g/mol. The Kier molecular flexibility index (Phi) is 6.08. The molecule has 6 nitrogen and oxygen atoms in total. The van der Waals surface area contributed by atoms with Crippen LogP contribution in [0.5, 0.6) is 0 Å². The summed E-state index contributed by atoms with van der Waals surface area (Å²) in [5.41, 5.74) is 0.472. The number of rotatable bonds is 5. The Morgan fingerprint density at radius 2 is 1.61 bits per heavy atom. The maximum Gasteiger partial charge on any atom is 0.251 e. The highest BCUT2D eigenvalue weighted by Crippen LogP contribution is 2.24. The number of carbonyl (C=O) groups is 2. The number of nitrogens with one attached hydrogen (secondary N) is 1. The number of hydrogen-bond acceptors (Lipinski definition) is 4. The molecule has 0 spiro atoms. The second kappa shape index (κ2) is 8.52. The third-order valence-corrected chi connectivity index (χ3v) is 7.09. The van der Waals surface area contributed by atoms with Crippen molar-refractivity contribution < 1.29 is 22.4 Å². The van der Waals surface area contributed by atoms with Crippen LogP contribution in [0.3, 0.4) is 0 Å². The van der Waals surface area contributed by atoms with Crippen LogP contribution in [-0.4, -0.2) is 50.0 Å². The van der Waals surface area contributed by atoms with E-state index in [0.29, 0.717) is 31.5 Å². The van der Waals surface area contributed by atoms with Gasteiger partial charge in [0.05, 0.1) is 16.7 Å². The molecule has 0 aromatic heterocycles. The Morgan fingerprint density at radius 1 is 1.00 bits per heavy atom. The summed E-state index contributed by atoms with van der Waals surface area (Å²) in [4.78, 5) is 26.0. The zero-order chi connectivity index (χ0) is 20.1. The first-order chi connectivity index (χ1) is 13.4. The number of piperidine rings is 1. The van der Waals surface area contributed by atoms with Crippen molar-refractivity contribution in [2.45, 2.75) is 23.0 Å². The smallest absolute Gasteiger partial charge is 0.251 e. The number of likely N-dealkylation sites (tertiary alicyclic amines) is 1. The van der Waals surface area contributed by atoms with Gasteiger partial charge in [0, 0.05) is 18.7 Å². The molecule has 1 heterocycles. The molecule has 1 aliphatic rings. The van der Waals surface area contributed by atoms with Crippen LogP contribution in [-0.2, 0) is 14.6 Å². The van der Waals surface area contributed by atoms with Gasteiger partial charge < -0.3 is 10.2 Å². The van der Waals surface area contributed by atoms with Gasteiger partial charge in [-0.05, 0) is 49.2 Å². The molecule has 8 heteroatoms. The Balaban J connectivity index is 1.52. The molecule has 0 radical (unpaired) electrons. The summed E-state index contributed by atoms with van der Waals surface area (Å²) in [5, 5.41) is 1.97. The summed E-state index contributed by atoms with van der Waals surface area (Å²) in [7, 11) is -3.56. The summed E-state index contributed by atoms with van der Waals surface area (Å²) < 4.78 is 38.4. The van der Waals surface area contributed by atoms with E-state index in [1.165, 1.54) is 12.1 Å². The zero-order valence-corrected chi connectivity index (χ0v) is 16.0. The molecule has 1 N–H and O–H groups in total. The standard InChI is InChI=1S/C20H21FN2O4S/c21-16-6-8-17(9-7-16)28(26,27)18-10-12-23(13-11-18)19(24)14-22-20(25)15-4-2-1-3-5-15/h1-9,18H,10-14H2,(H,22,25).